The summed E-state index contributed by atoms with van der Waals surface area (Å²) < 4.78 is 36.9. The van der Waals surface area contributed by atoms with Crippen molar-refractivity contribution in [3.8, 4) is 0 Å². The number of aromatic nitrogens is 1. The molecule has 0 aliphatic carbocycles. The average Bonchev–Trinajstić information content (AvgIpc) is 3.11. The highest BCUT2D eigenvalue weighted by Crippen LogP contribution is 2.20. The topological polar surface area (TPSA) is 123 Å². The molecular weight excluding hydrogens is 448 g/mol. The van der Waals surface area contributed by atoms with Gasteiger partial charge in [-0.05, 0) is 50.1 Å². The minimum absolute atomic E-state index is 0.149. The Balaban J connectivity index is 1.58. The lowest BCUT2D eigenvalue weighted by molar-refractivity contribution is -0.136. The predicted molar refractivity (Wildman–Crippen MR) is 121 cm³/mol. The van der Waals surface area contributed by atoms with Gasteiger partial charge in [-0.2, -0.15) is 4.31 Å². The standard InChI is InChI=1S/C23H26N2O7S/c1-15-22(17(3)26)16(2)24-23(15)20(27)14-32-21(28)9-6-18-4-7-19(8-5-18)33(29,30)25-10-12-31-13-11-25/h4-9,24H,10-14H2,1-3H3. The van der Waals surface area contributed by atoms with Crippen molar-refractivity contribution in [2.75, 3.05) is 32.9 Å². The first-order valence-electron chi connectivity index (χ1n) is 10.4. The Labute approximate surface area is 192 Å². The number of carbonyl (C=O) groups is 3. The van der Waals surface area contributed by atoms with E-state index in [0.29, 0.717) is 48.7 Å². The Hall–Kier alpha value is -3.08. The summed E-state index contributed by atoms with van der Waals surface area (Å²) in [6.45, 7) is 5.67. The van der Waals surface area contributed by atoms with Gasteiger partial charge in [-0.3, -0.25) is 9.59 Å². The number of H-pyrrole nitrogens is 1. The molecule has 0 bridgehead atoms. The number of ketones is 2. The Morgan fingerprint density at radius 3 is 2.33 bits per heavy atom. The van der Waals surface area contributed by atoms with Crippen LogP contribution >= 0.6 is 0 Å². The number of aromatic amines is 1. The van der Waals surface area contributed by atoms with Gasteiger partial charge < -0.3 is 14.5 Å². The first-order chi connectivity index (χ1) is 15.6. The minimum Gasteiger partial charge on any atom is -0.454 e. The van der Waals surface area contributed by atoms with Crippen LogP contribution in [0, 0.1) is 13.8 Å². The Morgan fingerprint density at radius 1 is 1.12 bits per heavy atom. The van der Waals surface area contributed by atoms with Crippen molar-refractivity contribution in [1.82, 2.24) is 9.29 Å². The highest BCUT2D eigenvalue weighted by molar-refractivity contribution is 7.89. The van der Waals surface area contributed by atoms with Crippen molar-refractivity contribution in [2.24, 2.45) is 0 Å². The monoisotopic (exact) mass is 474 g/mol. The number of rotatable bonds is 8. The smallest absolute Gasteiger partial charge is 0.331 e. The summed E-state index contributed by atoms with van der Waals surface area (Å²) in [5.41, 5.74) is 2.42. The number of sulfonamides is 1. The van der Waals surface area contributed by atoms with E-state index in [-0.39, 0.29) is 16.4 Å². The van der Waals surface area contributed by atoms with E-state index in [1.807, 2.05) is 0 Å². The zero-order valence-corrected chi connectivity index (χ0v) is 19.5. The second-order valence-electron chi connectivity index (χ2n) is 7.63. The van der Waals surface area contributed by atoms with E-state index < -0.39 is 28.4 Å². The maximum Gasteiger partial charge on any atom is 0.331 e. The summed E-state index contributed by atoms with van der Waals surface area (Å²) in [4.78, 5) is 39.1. The van der Waals surface area contributed by atoms with Crippen LogP contribution < -0.4 is 0 Å². The lowest BCUT2D eigenvalue weighted by atomic mass is 10.1. The van der Waals surface area contributed by atoms with Crippen LogP contribution in [-0.2, 0) is 24.3 Å². The number of nitrogens with zero attached hydrogens (tertiary/aromatic N) is 1. The number of esters is 1. The molecule has 10 heteroatoms. The summed E-state index contributed by atoms with van der Waals surface area (Å²) in [7, 11) is -3.59. The number of ether oxygens (including phenoxy) is 2. The van der Waals surface area contributed by atoms with E-state index in [1.165, 1.54) is 29.4 Å². The third-order valence-electron chi connectivity index (χ3n) is 5.31. The molecule has 1 aliphatic rings. The van der Waals surface area contributed by atoms with Gasteiger partial charge in [0.05, 0.1) is 23.8 Å². The molecule has 1 aromatic carbocycles. The summed E-state index contributed by atoms with van der Waals surface area (Å²) in [6.07, 6.45) is 2.63. The van der Waals surface area contributed by atoms with Gasteiger partial charge in [-0.15, -0.1) is 0 Å². The van der Waals surface area contributed by atoms with Crippen LogP contribution in [0.15, 0.2) is 35.2 Å². The molecule has 1 saturated heterocycles. The lowest BCUT2D eigenvalue weighted by Crippen LogP contribution is -2.40. The molecule has 33 heavy (non-hydrogen) atoms. The van der Waals surface area contributed by atoms with E-state index in [4.69, 9.17) is 9.47 Å². The lowest BCUT2D eigenvalue weighted by Gasteiger charge is -2.26. The zero-order valence-electron chi connectivity index (χ0n) is 18.7. The van der Waals surface area contributed by atoms with Crippen molar-refractivity contribution >= 4 is 33.6 Å². The van der Waals surface area contributed by atoms with Crippen LogP contribution in [0.25, 0.3) is 6.08 Å². The van der Waals surface area contributed by atoms with Gasteiger partial charge in [0.25, 0.3) is 0 Å². The van der Waals surface area contributed by atoms with Crippen molar-refractivity contribution in [3.05, 3.63) is 58.4 Å². The highest BCUT2D eigenvalue weighted by Gasteiger charge is 2.26. The molecule has 2 heterocycles. The van der Waals surface area contributed by atoms with Gasteiger partial charge in [-0.25, -0.2) is 13.2 Å². The van der Waals surface area contributed by atoms with Crippen LogP contribution in [0.4, 0.5) is 0 Å². The first-order valence-corrected chi connectivity index (χ1v) is 11.8. The first kappa shape index (κ1) is 24.6. The number of Topliss-reactive ketones (excluding diaryl/α,β-unsaturated/α-hetero) is 2. The van der Waals surface area contributed by atoms with Gasteiger partial charge in [-0.1, -0.05) is 12.1 Å². The van der Waals surface area contributed by atoms with Gasteiger partial charge in [0.2, 0.25) is 15.8 Å². The third kappa shape index (κ3) is 5.65. The third-order valence-corrected chi connectivity index (χ3v) is 7.23. The van der Waals surface area contributed by atoms with Crippen molar-refractivity contribution < 1.29 is 32.3 Å². The molecule has 176 valence electrons. The molecule has 1 aliphatic heterocycles. The van der Waals surface area contributed by atoms with E-state index in [0.717, 1.165) is 6.08 Å². The number of carbonyl (C=O) groups excluding carboxylic acids is 3. The maximum atomic E-state index is 12.6. The van der Waals surface area contributed by atoms with Gasteiger partial charge in [0.1, 0.15) is 0 Å². The van der Waals surface area contributed by atoms with Crippen molar-refractivity contribution in [2.45, 2.75) is 25.7 Å². The summed E-state index contributed by atoms with van der Waals surface area (Å²) in [5, 5.41) is 0. The van der Waals surface area contributed by atoms with Gasteiger partial charge in [0, 0.05) is 30.4 Å². The van der Waals surface area contributed by atoms with Crippen LogP contribution in [0.3, 0.4) is 0 Å². The number of morpholine rings is 1. The fourth-order valence-corrected chi connectivity index (χ4v) is 5.07. The molecular formula is C23H26N2O7S. The average molecular weight is 475 g/mol. The molecule has 0 unspecified atom stereocenters. The van der Waals surface area contributed by atoms with E-state index in [1.54, 1.807) is 26.0 Å². The Morgan fingerprint density at radius 2 is 1.76 bits per heavy atom. The molecule has 0 atom stereocenters. The number of hydrogen-bond donors (Lipinski definition) is 1. The van der Waals surface area contributed by atoms with Crippen molar-refractivity contribution in [3.63, 3.8) is 0 Å². The van der Waals surface area contributed by atoms with Crippen LogP contribution in [-0.4, -0.2) is 68.2 Å². The molecule has 0 radical (unpaired) electrons. The largest absolute Gasteiger partial charge is 0.454 e. The second kappa shape index (κ2) is 10.2. The normalized spacial score (nSPS) is 15.0. The summed E-state index contributed by atoms with van der Waals surface area (Å²) in [5.74, 6) is -1.31. The number of hydrogen-bond acceptors (Lipinski definition) is 7. The molecule has 0 saturated carbocycles. The minimum atomic E-state index is -3.59. The maximum absolute atomic E-state index is 12.6. The zero-order chi connectivity index (χ0) is 24.2. The van der Waals surface area contributed by atoms with Crippen LogP contribution in [0.2, 0.25) is 0 Å². The summed E-state index contributed by atoms with van der Waals surface area (Å²) >= 11 is 0. The van der Waals surface area contributed by atoms with Crippen LogP contribution in [0.1, 0.15) is 44.6 Å². The molecule has 2 aromatic rings. The molecule has 1 aromatic heterocycles. The van der Waals surface area contributed by atoms with Gasteiger partial charge in [0.15, 0.2) is 12.4 Å². The molecule has 9 nitrogen and oxygen atoms in total. The molecule has 1 fully saturated rings. The SMILES string of the molecule is CC(=O)c1c(C)[nH]c(C(=O)COC(=O)C=Cc2ccc(S(=O)(=O)N3CCOCC3)cc2)c1C. The molecule has 0 amide bonds. The second-order valence-corrected chi connectivity index (χ2v) is 9.57. The van der Waals surface area contributed by atoms with Gasteiger partial charge >= 0.3 is 5.97 Å². The highest BCUT2D eigenvalue weighted by atomic mass is 32.2. The van der Waals surface area contributed by atoms with E-state index in [9.17, 15) is 22.8 Å². The molecule has 3 rings (SSSR count). The van der Waals surface area contributed by atoms with Crippen LogP contribution in [0.5, 0.6) is 0 Å². The van der Waals surface area contributed by atoms with Crippen molar-refractivity contribution in [1.29, 1.82) is 0 Å². The predicted octanol–water partition coefficient (Wildman–Crippen LogP) is 2.29. The number of benzene rings is 1. The van der Waals surface area contributed by atoms with E-state index >= 15 is 0 Å². The molecule has 0 spiro atoms. The number of nitrogens with one attached hydrogen (secondary N) is 1. The Bertz CT molecular complexity index is 1190. The quantitative estimate of drug-likeness (QED) is 0.354. The number of aryl methyl sites for hydroxylation is 1. The summed E-state index contributed by atoms with van der Waals surface area (Å²) in [6, 6.07) is 6.11. The molecule has 1 N–H and O–H groups in total. The fraction of sp³-hybridized carbons (Fsp3) is 0.348. The fourth-order valence-electron chi connectivity index (χ4n) is 3.67. The Kier molecular flexibility index (Phi) is 7.62. The van der Waals surface area contributed by atoms with E-state index in [2.05, 4.69) is 4.98 Å².